The largest absolute Gasteiger partial charge is 0.355 e. The van der Waals surface area contributed by atoms with Crippen LogP contribution in [0.4, 0.5) is 65.9 Å². The van der Waals surface area contributed by atoms with Crippen molar-refractivity contribution in [1.82, 2.24) is 29.9 Å². The van der Waals surface area contributed by atoms with Gasteiger partial charge in [0, 0.05) is 49.8 Å². The lowest BCUT2D eigenvalue weighted by molar-refractivity contribution is 0.381. The molecule has 0 saturated carbocycles. The number of nitrogens with zero attached hydrogens (tertiary/aromatic N) is 3. The van der Waals surface area contributed by atoms with Crippen molar-refractivity contribution in [2.45, 2.75) is 0 Å². The zero-order valence-electron chi connectivity index (χ0n) is 35.4. The van der Waals surface area contributed by atoms with Gasteiger partial charge in [-0.3, -0.25) is 0 Å². The summed E-state index contributed by atoms with van der Waals surface area (Å²) in [6, 6.07) is 15.5. The molecule has 3 aliphatic rings. The summed E-state index contributed by atoms with van der Waals surface area (Å²) in [4.78, 5) is 21.3. The molecule has 12 bridgehead atoms. The van der Waals surface area contributed by atoms with Gasteiger partial charge in [0.15, 0.2) is 69.8 Å². The molecule has 0 aliphatic carbocycles. The van der Waals surface area contributed by atoms with Gasteiger partial charge in [0.05, 0.1) is 50.9 Å². The Morgan fingerprint density at radius 2 is 0.431 bits per heavy atom. The SMILES string of the molecule is Fc1c(F)c(F)c(-c2c3nc(ccc4ccc([nH]4)c(-c4c(F)c(F)c(F)c(F)c4F)c4nc(ccc5ccc([nH]5)c(-c5c(F)c(F)c(F)c(F)c5F)c5nc(ccc6ccc2[nH]6)C=C5)C=C4)C=C3)c(F)c1F. The van der Waals surface area contributed by atoms with Gasteiger partial charge in [0.2, 0.25) is 17.5 Å². The molecule has 3 aliphatic heterocycles. The van der Waals surface area contributed by atoms with E-state index in [0.717, 1.165) is 0 Å². The van der Waals surface area contributed by atoms with Crippen molar-refractivity contribution in [2.24, 2.45) is 0 Å². The average Bonchev–Trinajstić information content (AvgIpc) is 4.25. The molecule has 10 rings (SSSR count). The molecular weight excluding hydrogens is 982 g/mol. The fourth-order valence-electron chi connectivity index (χ4n) is 8.00. The number of rotatable bonds is 3. The molecular formula is C51H21F15N6. The number of nitrogens with one attached hydrogen (secondary N) is 3. The Morgan fingerprint density at radius 3 is 0.667 bits per heavy atom. The van der Waals surface area contributed by atoms with Gasteiger partial charge in [-0.1, -0.05) is 0 Å². The second kappa shape index (κ2) is 17.8. The lowest BCUT2D eigenvalue weighted by Gasteiger charge is -2.09. The summed E-state index contributed by atoms with van der Waals surface area (Å²) in [6.45, 7) is 0. The Hall–Kier alpha value is -8.88. The Balaban J connectivity index is 1.30. The summed E-state index contributed by atoms with van der Waals surface area (Å²) in [5, 5.41) is 0. The van der Waals surface area contributed by atoms with Crippen LogP contribution in [-0.4, -0.2) is 29.9 Å². The van der Waals surface area contributed by atoms with E-state index in [4.69, 9.17) is 0 Å². The van der Waals surface area contributed by atoms with Gasteiger partial charge < -0.3 is 15.0 Å². The van der Waals surface area contributed by atoms with Crippen molar-refractivity contribution in [1.29, 1.82) is 0 Å². The summed E-state index contributed by atoms with van der Waals surface area (Å²) in [6.07, 6.45) is 7.42. The van der Waals surface area contributed by atoms with E-state index < -0.39 is 121 Å². The molecule has 3 N–H and O–H groups in total. The van der Waals surface area contributed by atoms with E-state index in [1.54, 1.807) is 0 Å². The van der Waals surface area contributed by atoms with Crippen molar-refractivity contribution in [2.75, 3.05) is 0 Å². The lowest BCUT2D eigenvalue weighted by Crippen LogP contribution is -2.05. The van der Waals surface area contributed by atoms with E-state index in [2.05, 4.69) is 29.9 Å². The number of halogens is 15. The van der Waals surface area contributed by atoms with E-state index in [9.17, 15) is 39.5 Å². The maximum atomic E-state index is 15.6. The first-order chi connectivity index (χ1) is 34.4. The second-order valence-electron chi connectivity index (χ2n) is 15.7. The number of benzene rings is 3. The van der Waals surface area contributed by atoms with Crippen LogP contribution in [0.1, 0.15) is 34.2 Å². The molecule has 0 amide bonds. The minimum Gasteiger partial charge on any atom is -0.355 e. The van der Waals surface area contributed by atoms with E-state index >= 15 is 26.3 Å². The van der Waals surface area contributed by atoms with Gasteiger partial charge in [-0.15, -0.1) is 0 Å². The number of hydrogen-bond donors (Lipinski definition) is 3. The normalized spacial score (nSPS) is 12.2. The molecule has 4 aromatic heterocycles. The first-order valence-electron chi connectivity index (χ1n) is 20.6. The van der Waals surface area contributed by atoms with Crippen LogP contribution in [0.2, 0.25) is 0 Å². The van der Waals surface area contributed by atoms with Crippen LogP contribution in [0.5, 0.6) is 0 Å². The van der Waals surface area contributed by atoms with E-state index in [1.807, 2.05) is 0 Å². The van der Waals surface area contributed by atoms with E-state index in [1.165, 1.54) is 109 Å². The van der Waals surface area contributed by atoms with Gasteiger partial charge >= 0.3 is 0 Å². The van der Waals surface area contributed by atoms with Gasteiger partial charge in [0.1, 0.15) is 0 Å². The van der Waals surface area contributed by atoms with Crippen LogP contribution >= 0.6 is 0 Å². The summed E-state index contributed by atoms with van der Waals surface area (Å²) in [5.41, 5.74) is -7.36. The lowest BCUT2D eigenvalue weighted by atomic mass is 10.0. The maximum absolute atomic E-state index is 15.6. The molecule has 0 radical (unpaired) electrons. The first kappa shape index (κ1) is 46.8. The molecule has 72 heavy (non-hydrogen) atoms. The highest BCUT2D eigenvalue weighted by Gasteiger charge is 2.32. The van der Waals surface area contributed by atoms with Crippen LogP contribution in [0.15, 0.2) is 72.8 Å². The average molecular weight is 1000 g/mol. The van der Waals surface area contributed by atoms with E-state index in [0.29, 0.717) is 0 Å². The summed E-state index contributed by atoms with van der Waals surface area (Å²) < 4.78 is 225. The predicted octanol–water partition coefficient (Wildman–Crippen LogP) is 14.9. The number of hydrogen-bond acceptors (Lipinski definition) is 3. The maximum Gasteiger partial charge on any atom is 0.200 e. The fraction of sp³-hybridized carbons (Fsp3) is 0. The third-order valence-electron chi connectivity index (χ3n) is 11.4. The second-order valence-corrected chi connectivity index (χ2v) is 15.7. The van der Waals surface area contributed by atoms with Gasteiger partial charge in [-0.2, -0.15) is 0 Å². The standard InChI is InChI=1S/C51H21F15N6/c52-37-34(38(53)44(59)49(64)43(37)58)31-25-13-7-19(67-25)1-2-20-8-14-26(68-20)32(35-39(54)45(60)50(65)46(61)40(35)55)28-16-10-22(70-28)5-6-24-12-18-30(72-24)33(36-41(56)47(62)51(66)48(63)42(36)57)29-17-11-23(71-29)4-3-21-9-15-27(31)69-21/h1-18,67,70-71H. The molecule has 0 unspecified atom stereocenters. The minimum atomic E-state index is -2.44. The van der Waals surface area contributed by atoms with Gasteiger partial charge in [-0.25, -0.2) is 80.8 Å². The van der Waals surface area contributed by atoms with Crippen LogP contribution in [0.3, 0.4) is 0 Å². The van der Waals surface area contributed by atoms with E-state index in [-0.39, 0.29) is 67.3 Å². The topological polar surface area (TPSA) is 86.0 Å². The van der Waals surface area contributed by atoms with Crippen molar-refractivity contribution in [3.63, 3.8) is 0 Å². The summed E-state index contributed by atoms with van der Waals surface area (Å²) >= 11 is 0. The zero-order chi connectivity index (χ0) is 51.0. The molecule has 0 saturated heterocycles. The molecule has 7 heterocycles. The first-order valence-corrected chi connectivity index (χ1v) is 20.6. The highest BCUT2D eigenvalue weighted by molar-refractivity contribution is 5.94. The van der Waals surface area contributed by atoms with Crippen LogP contribution < -0.4 is 0 Å². The Morgan fingerprint density at radius 1 is 0.222 bits per heavy atom. The third-order valence-corrected chi connectivity index (χ3v) is 11.4. The van der Waals surface area contributed by atoms with Crippen molar-refractivity contribution >= 4 is 69.6 Å². The number of aromatic amines is 3. The highest BCUT2D eigenvalue weighted by atomic mass is 19.2. The van der Waals surface area contributed by atoms with Crippen LogP contribution in [0, 0.1) is 87.3 Å². The summed E-state index contributed by atoms with van der Waals surface area (Å²) in [7, 11) is 0. The number of fused-ring (bicyclic) bond motifs is 12. The van der Waals surface area contributed by atoms with Crippen LogP contribution in [-0.2, 0) is 0 Å². The smallest absolute Gasteiger partial charge is 0.200 e. The van der Waals surface area contributed by atoms with Crippen molar-refractivity contribution < 1.29 is 65.9 Å². The van der Waals surface area contributed by atoms with Crippen molar-refractivity contribution in [3.05, 3.63) is 194 Å². The minimum absolute atomic E-state index is 0.0128. The fourth-order valence-corrected chi connectivity index (χ4v) is 8.00. The van der Waals surface area contributed by atoms with Gasteiger partial charge in [0.25, 0.3) is 0 Å². The Kier molecular flexibility index (Phi) is 11.6. The molecule has 360 valence electrons. The molecule has 6 nitrogen and oxygen atoms in total. The molecule has 0 atom stereocenters. The predicted molar refractivity (Wildman–Crippen MR) is 237 cm³/mol. The molecule has 0 fully saturated rings. The Labute approximate surface area is 392 Å². The van der Waals surface area contributed by atoms with Crippen molar-refractivity contribution in [3.8, 4) is 33.4 Å². The van der Waals surface area contributed by atoms with Gasteiger partial charge in [-0.05, 0) is 109 Å². The van der Waals surface area contributed by atoms with Crippen LogP contribution in [0.25, 0.3) is 103 Å². The zero-order valence-corrected chi connectivity index (χ0v) is 35.4. The number of H-pyrrole nitrogens is 3. The molecule has 7 aromatic rings. The molecule has 21 heteroatoms. The molecule has 3 aromatic carbocycles. The molecule has 0 spiro atoms. The Bertz CT molecular complexity index is 3520. The number of aromatic nitrogens is 6. The monoisotopic (exact) mass is 1000 g/mol. The summed E-state index contributed by atoms with van der Waals surface area (Å²) in [5.74, 6) is -34.2. The highest BCUT2D eigenvalue weighted by Crippen LogP contribution is 2.40. The third kappa shape index (κ3) is 7.82. The quantitative estimate of drug-likeness (QED) is 0.0936.